The molecule has 5 aliphatic heterocycles. The van der Waals surface area contributed by atoms with Crippen LogP contribution in [0.2, 0.25) is 0 Å². The monoisotopic (exact) mass is 652 g/mol. The van der Waals surface area contributed by atoms with Crippen LogP contribution in [0.25, 0.3) is 5.57 Å². The first kappa shape index (κ1) is 34.5. The first-order valence-electron chi connectivity index (χ1n) is 18.9. The van der Waals surface area contributed by atoms with Gasteiger partial charge in [0.05, 0.1) is 52.2 Å². The van der Waals surface area contributed by atoms with Crippen molar-refractivity contribution in [3.05, 3.63) is 119 Å². The molecule has 49 heavy (non-hydrogen) atoms. The van der Waals surface area contributed by atoms with E-state index in [1.807, 2.05) is 54.7 Å². The molecule has 5 aliphatic rings. The van der Waals surface area contributed by atoms with Crippen molar-refractivity contribution in [3.63, 3.8) is 0 Å². The van der Waals surface area contributed by atoms with Crippen molar-refractivity contribution < 1.29 is 4.74 Å². The third kappa shape index (κ3) is 10.8. The van der Waals surface area contributed by atoms with Crippen molar-refractivity contribution in [2.45, 2.75) is 110 Å². The molecule has 0 saturated carbocycles. The van der Waals surface area contributed by atoms with Crippen LogP contribution in [0.3, 0.4) is 0 Å². The minimum atomic E-state index is 0.767. The van der Waals surface area contributed by atoms with Gasteiger partial charge in [-0.1, -0.05) is 115 Å². The standard InChI is InChI=1S/C44H52N4O/c1-2-3-4-5-6-7-8-9-10-11-12-13-14-15-16-17-28-49-42-26-18-34(19-27-42)43-32-41-31-39-23-22-37(46-39)29-35-20-21-36(45-35)30-38-24-25-40(47-38)33-44(43)48-41/h18-27,29-33H,2-17,28H2,1H3. The van der Waals surface area contributed by atoms with Crippen LogP contribution in [-0.2, 0) is 0 Å². The van der Waals surface area contributed by atoms with E-state index in [0.717, 1.165) is 75.5 Å². The van der Waals surface area contributed by atoms with Gasteiger partial charge in [0.25, 0.3) is 0 Å². The maximum absolute atomic E-state index is 6.12. The summed E-state index contributed by atoms with van der Waals surface area (Å²) in [5.74, 6) is 0.916. The lowest BCUT2D eigenvalue weighted by molar-refractivity contribution is 0.304. The Morgan fingerprint density at radius 1 is 0.429 bits per heavy atom. The average Bonchev–Trinajstić information content (AvgIpc) is 3.93. The summed E-state index contributed by atoms with van der Waals surface area (Å²) in [4.78, 5) is 19.3. The molecule has 0 saturated heterocycles. The van der Waals surface area contributed by atoms with E-state index in [0.29, 0.717) is 0 Å². The molecule has 0 unspecified atom stereocenters. The van der Waals surface area contributed by atoms with Crippen molar-refractivity contribution in [1.29, 1.82) is 0 Å². The number of allylic oxidation sites excluding steroid dienone is 12. The van der Waals surface area contributed by atoms with Gasteiger partial charge >= 0.3 is 0 Å². The Kier molecular flexibility index (Phi) is 12.9. The Labute approximate surface area is 293 Å². The van der Waals surface area contributed by atoms with Gasteiger partial charge in [0.15, 0.2) is 0 Å². The smallest absolute Gasteiger partial charge is 0.119 e. The fourth-order valence-electron chi connectivity index (χ4n) is 6.70. The largest absolute Gasteiger partial charge is 0.494 e. The van der Waals surface area contributed by atoms with Crippen molar-refractivity contribution in [3.8, 4) is 5.75 Å². The van der Waals surface area contributed by atoms with Crippen LogP contribution >= 0.6 is 0 Å². The maximum Gasteiger partial charge on any atom is 0.119 e. The van der Waals surface area contributed by atoms with Crippen molar-refractivity contribution in [2.24, 2.45) is 20.0 Å². The second kappa shape index (κ2) is 18.4. The normalized spacial score (nSPS) is 17.3. The van der Waals surface area contributed by atoms with Gasteiger partial charge in [0.1, 0.15) is 5.75 Å². The molecule has 0 aliphatic carbocycles. The molecule has 254 valence electrons. The predicted molar refractivity (Wildman–Crippen MR) is 209 cm³/mol. The minimum Gasteiger partial charge on any atom is -0.494 e. The molecule has 0 radical (unpaired) electrons. The molecule has 5 nitrogen and oxygen atoms in total. The summed E-state index contributed by atoms with van der Waals surface area (Å²) in [6.45, 7) is 3.06. The number of benzene rings is 1. The van der Waals surface area contributed by atoms with Crippen LogP contribution in [0, 0.1) is 0 Å². The lowest BCUT2D eigenvalue weighted by Crippen LogP contribution is -1.97. The predicted octanol–water partition coefficient (Wildman–Crippen LogP) is 11.7. The Bertz CT molecular complexity index is 1700. The summed E-state index contributed by atoms with van der Waals surface area (Å²) in [6.07, 6.45) is 44.3. The molecule has 5 heteroatoms. The Balaban J connectivity index is 0.942. The van der Waals surface area contributed by atoms with Crippen LogP contribution < -0.4 is 4.74 Å². The third-order valence-corrected chi connectivity index (χ3v) is 9.47. The van der Waals surface area contributed by atoms with E-state index in [4.69, 9.17) is 24.7 Å². The highest BCUT2D eigenvalue weighted by atomic mass is 16.5. The van der Waals surface area contributed by atoms with E-state index >= 15 is 0 Å². The molecule has 0 fully saturated rings. The lowest BCUT2D eigenvalue weighted by Gasteiger charge is -2.09. The molecule has 8 bridgehead atoms. The number of hydrogen-bond acceptors (Lipinski definition) is 5. The number of ether oxygens (including phenoxy) is 1. The molecule has 5 heterocycles. The van der Waals surface area contributed by atoms with E-state index in [1.54, 1.807) is 0 Å². The Morgan fingerprint density at radius 2 is 0.878 bits per heavy atom. The highest BCUT2D eigenvalue weighted by Crippen LogP contribution is 2.32. The van der Waals surface area contributed by atoms with Crippen LogP contribution in [-0.4, -0.2) is 29.5 Å². The fraction of sp³-hybridized carbons (Fsp3) is 0.409. The Hall–Kier alpha value is -4.38. The second-order valence-corrected chi connectivity index (χ2v) is 13.6. The maximum atomic E-state index is 6.12. The SMILES string of the molecule is CCCCCCCCCCCCCCCCCCOc1ccc(C2=CC3=NC2=CC2=NC(=CC4=NC(=CC5=NC(=C3)C=C5)C=C4)C=C2)cc1. The zero-order chi connectivity index (χ0) is 33.5. The quantitative estimate of drug-likeness (QED) is 0.137. The van der Waals surface area contributed by atoms with Gasteiger partial charge in [-0.05, 0) is 91.0 Å². The molecule has 0 spiro atoms. The zero-order valence-electron chi connectivity index (χ0n) is 29.4. The first-order valence-corrected chi connectivity index (χ1v) is 18.9. The van der Waals surface area contributed by atoms with E-state index in [9.17, 15) is 0 Å². The van der Waals surface area contributed by atoms with Crippen molar-refractivity contribution >= 4 is 28.4 Å². The molecular weight excluding hydrogens is 601 g/mol. The van der Waals surface area contributed by atoms with Crippen LogP contribution in [0.4, 0.5) is 0 Å². The highest BCUT2D eigenvalue weighted by Gasteiger charge is 2.18. The highest BCUT2D eigenvalue weighted by molar-refractivity contribution is 6.19. The van der Waals surface area contributed by atoms with Gasteiger partial charge in [-0.3, -0.25) is 0 Å². The summed E-state index contributed by atoms with van der Waals surface area (Å²) in [7, 11) is 0. The number of unbranched alkanes of at least 4 members (excludes halogenated alkanes) is 15. The molecular formula is C44H52N4O. The summed E-state index contributed by atoms with van der Waals surface area (Å²) in [5.41, 5.74) is 9.19. The lowest BCUT2D eigenvalue weighted by atomic mass is 10.0. The fourth-order valence-corrected chi connectivity index (χ4v) is 6.70. The topological polar surface area (TPSA) is 58.7 Å². The minimum absolute atomic E-state index is 0.767. The summed E-state index contributed by atoms with van der Waals surface area (Å²) >= 11 is 0. The number of hydrogen-bond donors (Lipinski definition) is 0. The molecule has 0 amide bonds. The summed E-state index contributed by atoms with van der Waals surface area (Å²) < 4.78 is 6.12. The van der Waals surface area contributed by atoms with E-state index in [1.165, 1.54) is 96.3 Å². The number of fused-ring (bicyclic) bond motifs is 4. The van der Waals surface area contributed by atoms with Gasteiger partial charge in [0, 0.05) is 5.57 Å². The first-order chi connectivity index (χ1) is 24.2. The molecule has 0 N–H and O–H groups in total. The van der Waals surface area contributed by atoms with Crippen LogP contribution in [0.15, 0.2) is 134 Å². The van der Waals surface area contributed by atoms with Gasteiger partial charge in [-0.25, -0.2) is 20.0 Å². The zero-order valence-corrected chi connectivity index (χ0v) is 29.4. The number of rotatable bonds is 19. The van der Waals surface area contributed by atoms with Crippen LogP contribution in [0.1, 0.15) is 115 Å². The summed E-state index contributed by atoms with van der Waals surface area (Å²) in [6, 6.07) is 8.42. The van der Waals surface area contributed by atoms with E-state index < -0.39 is 0 Å². The average molecular weight is 653 g/mol. The van der Waals surface area contributed by atoms with Gasteiger partial charge in [-0.15, -0.1) is 0 Å². The van der Waals surface area contributed by atoms with E-state index in [2.05, 4.69) is 43.3 Å². The van der Waals surface area contributed by atoms with Crippen molar-refractivity contribution in [2.75, 3.05) is 6.61 Å². The Morgan fingerprint density at radius 3 is 1.39 bits per heavy atom. The van der Waals surface area contributed by atoms with Gasteiger partial charge < -0.3 is 4.74 Å². The molecule has 1 aromatic rings. The van der Waals surface area contributed by atoms with Crippen LogP contribution in [0.5, 0.6) is 5.75 Å². The van der Waals surface area contributed by atoms with Crippen molar-refractivity contribution in [1.82, 2.24) is 0 Å². The second-order valence-electron chi connectivity index (χ2n) is 13.6. The number of aliphatic imine (C=N–C) groups is 4. The van der Waals surface area contributed by atoms with Gasteiger partial charge in [0.2, 0.25) is 0 Å². The molecule has 0 aromatic heterocycles. The number of nitrogens with zero attached hydrogens (tertiary/aromatic N) is 4. The molecule has 6 rings (SSSR count). The third-order valence-electron chi connectivity index (χ3n) is 9.47. The summed E-state index contributed by atoms with van der Waals surface area (Å²) in [5, 5.41) is 0. The van der Waals surface area contributed by atoms with E-state index in [-0.39, 0.29) is 0 Å². The molecule has 1 aromatic carbocycles. The van der Waals surface area contributed by atoms with Gasteiger partial charge in [-0.2, -0.15) is 0 Å². The molecule has 0 atom stereocenters.